The lowest BCUT2D eigenvalue weighted by molar-refractivity contribution is 0.117. The molecule has 0 spiro atoms. The minimum atomic E-state index is -1.25. The second kappa shape index (κ2) is 5.31. The van der Waals surface area contributed by atoms with Crippen LogP contribution < -0.4 is 5.32 Å². The molecule has 1 aliphatic heterocycles. The average Bonchev–Trinajstić information content (AvgIpc) is 2.46. The molecular formula is C16H15F2NO. The fraction of sp³-hybridized carbons (Fsp3) is 0.250. The first-order valence-corrected chi connectivity index (χ1v) is 6.61. The van der Waals surface area contributed by atoms with Gasteiger partial charge in [-0.25, -0.2) is 8.78 Å². The van der Waals surface area contributed by atoms with Crippen molar-refractivity contribution in [1.29, 1.82) is 0 Å². The summed E-state index contributed by atoms with van der Waals surface area (Å²) in [6.07, 6.45) is -0.406. The van der Waals surface area contributed by atoms with E-state index in [0.717, 1.165) is 29.7 Å². The molecule has 2 atom stereocenters. The van der Waals surface area contributed by atoms with Crippen LogP contribution in [-0.4, -0.2) is 11.7 Å². The van der Waals surface area contributed by atoms with Crippen molar-refractivity contribution in [2.24, 2.45) is 0 Å². The Morgan fingerprint density at radius 3 is 2.50 bits per heavy atom. The van der Waals surface area contributed by atoms with Crippen molar-refractivity contribution < 1.29 is 13.9 Å². The van der Waals surface area contributed by atoms with Crippen molar-refractivity contribution in [1.82, 2.24) is 5.32 Å². The van der Waals surface area contributed by atoms with Gasteiger partial charge in [0.1, 0.15) is 17.7 Å². The molecule has 2 nitrogen and oxygen atoms in total. The van der Waals surface area contributed by atoms with Gasteiger partial charge in [-0.3, -0.25) is 0 Å². The molecule has 2 unspecified atom stereocenters. The number of benzene rings is 2. The minimum absolute atomic E-state index is 0.276. The van der Waals surface area contributed by atoms with E-state index in [4.69, 9.17) is 0 Å². The highest BCUT2D eigenvalue weighted by Gasteiger charge is 2.30. The van der Waals surface area contributed by atoms with Crippen molar-refractivity contribution >= 4 is 0 Å². The second-order valence-corrected chi connectivity index (χ2v) is 4.96. The maximum Gasteiger partial charge on any atom is 0.132 e. The summed E-state index contributed by atoms with van der Waals surface area (Å²) in [4.78, 5) is 0. The Balaban J connectivity index is 2.02. The summed E-state index contributed by atoms with van der Waals surface area (Å²) in [7, 11) is 0. The number of hydrogen-bond acceptors (Lipinski definition) is 2. The van der Waals surface area contributed by atoms with E-state index in [1.807, 2.05) is 24.3 Å². The predicted octanol–water partition coefficient (Wildman–Crippen LogP) is 2.89. The van der Waals surface area contributed by atoms with Crippen LogP contribution in [0.5, 0.6) is 0 Å². The van der Waals surface area contributed by atoms with Crippen LogP contribution in [-0.2, 0) is 6.42 Å². The fourth-order valence-electron chi connectivity index (χ4n) is 2.78. The average molecular weight is 275 g/mol. The van der Waals surface area contributed by atoms with Gasteiger partial charge >= 0.3 is 0 Å². The van der Waals surface area contributed by atoms with E-state index in [0.29, 0.717) is 6.54 Å². The Morgan fingerprint density at radius 1 is 1.05 bits per heavy atom. The van der Waals surface area contributed by atoms with Gasteiger partial charge in [-0.2, -0.15) is 0 Å². The molecule has 0 fully saturated rings. The first-order chi connectivity index (χ1) is 9.68. The molecule has 104 valence electrons. The van der Waals surface area contributed by atoms with Crippen molar-refractivity contribution in [2.45, 2.75) is 18.6 Å². The molecule has 20 heavy (non-hydrogen) atoms. The molecule has 2 aromatic carbocycles. The topological polar surface area (TPSA) is 32.3 Å². The highest BCUT2D eigenvalue weighted by molar-refractivity contribution is 5.35. The van der Waals surface area contributed by atoms with E-state index in [9.17, 15) is 13.9 Å². The molecule has 1 heterocycles. The number of aliphatic hydroxyl groups excluding tert-OH is 1. The number of nitrogens with one attached hydrogen (secondary N) is 1. The molecule has 3 rings (SSSR count). The summed E-state index contributed by atoms with van der Waals surface area (Å²) in [5, 5.41) is 13.6. The summed E-state index contributed by atoms with van der Waals surface area (Å²) in [5.41, 5.74) is 1.72. The van der Waals surface area contributed by atoms with Gasteiger partial charge in [0, 0.05) is 0 Å². The Hall–Kier alpha value is -1.78. The quantitative estimate of drug-likeness (QED) is 0.883. The highest BCUT2D eigenvalue weighted by atomic mass is 19.1. The number of rotatable bonds is 2. The second-order valence-electron chi connectivity index (χ2n) is 4.96. The van der Waals surface area contributed by atoms with Crippen LogP contribution in [0.25, 0.3) is 0 Å². The minimum Gasteiger partial charge on any atom is -0.386 e. The maximum atomic E-state index is 13.8. The van der Waals surface area contributed by atoms with E-state index in [1.165, 1.54) is 6.07 Å². The van der Waals surface area contributed by atoms with Gasteiger partial charge in [0.2, 0.25) is 0 Å². The van der Waals surface area contributed by atoms with E-state index >= 15 is 0 Å². The van der Waals surface area contributed by atoms with E-state index in [2.05, 4.69) is 5.32 Å². The summed E-state index contributed by atoms with van der Waals surface area (Å²) in [5.74, 6) is -1.44. The number of halogens is 2. The number of fused-ring (bicyclic) bond motifs is 1. The van der Waals surface area contributed by atoms with Gasteiger partial charge in [0.05, 0.1) is 11.6 Å². The molecule has 4 heteroatoms. The monoisotopic (exact) mass is 275 g/mol. The Morgan fingerprint density at radius 2 is 1.75 bits per heavy atom. The largest absolute Gasteiger partial charge is 0.386 e. The summed E-state index contributed by atoms with van der Waals surface area (Å²) >= 11 is 0. The van der Waals surface area contributed by atoms with Gasteiger partial charge in [-0.05, 0) is 36.2 Å². The van der Waals surface area contributed by atoms with Gasteiger partial charge < -0.3 is 10.4 Å². The maximum absolute atomic E-state index is 13.8. The zero-order valence-corrected chi connectivity index (χ0v) is 10.8. The van der Waals surface area contributed by atoms with Crippen molar-refractivity contribution in [3.05, 3.63) is 70.8 Å². The molecule has 0 aliphatic carbocycles. The van der Waals surface area contributed by atoms with Gasteiger partial charge in [-0.15, -0.1) is 0 Å². The Labute approximate surface area is 116 Å². The SMILES string of the molecule is OC(c1c(F)cccc1F)C1NCCc2ccccc21. The zero-order chi connectivity index (χ0) is 14.1. The smallest absolute Gasteiger partial charge is 0.132 e. The first-order valence-electron chi connectivity index (χ1n) is 6.61. The van der Waals surface area contributed by atoms with Crippen LogP contribution in [0.3, 0.4) is 0 Å². The van der Waals surface area contributed by atoms with Crippen LogP contribution in [0.1, 0.15) is 28.8 Å². The van der Waals surface area contributed by atoms with Crippen LogP contribution in [0.4, 0.5) is 8.78 Å². The van der Waals surface area contributed by atoms with Crippen molar-refractivity contribution in [3.63, 3.8) is 0 Å². The molecular weight excluding hydrogens is 260 g/mol. The van der Waals surface area contributed by atoms with Crippen LogP contribution in [0.15, 0.2) is 42.5 Å². The summed E-state index contributed by atoms with van der Waals surface area (Å²) in [6, 6.07) is 10.8. The molecule has 0 saturated carbocycles. The summed E-state index contributed by atoms with van der Waals surface area (Å²) in [6.45, 7) is 0.675. The normalized spacial score (nSPS) is 19.4. The Kier molecular flexibility index (Phi) is 3.51. The van der Waals surface area contributed by atoms with Gasteiger partial charge in [0.25, 0.3) is 0 Å². The fourth-order valence-corrected chi connectivity index (χ4v) is 2.78. The Bertz CT molecular complexity index is 609. The zero-order valence-electron chi connectivity index (χ0n) is 10.8. The highest BCUT2D eigenvalue weighted by Crippen LogP contribution is 2.35. The lowest BCUT2D eigenvalue weighted by Crippen LogP contribution is -2.34. The molecule has 0 bridgehead atoms. The summed E-state index contributed by atoms with van der Waals surface area (Å²) < 4.78 is 27.6. The lowest BCUT2D eigenvalue weighted by Gasteiger charge is -2.31. The van der Waals surface area contributed by atoms with Gasteiger partial charge in [-0.1, -0.05) is 30.3 Å². The van der Waals surface area contributed by atoms with Gasteiger partial charge in [0.15, 0.2) is 0 Å². The molecule has 0 radical (unpaired) electrons. The van der Waals surface area contributed by atoms with Crippen LogP contribution >= 0.6 is 0 Å². The third kappa shape index (κ3) is 2.21. The van der Waals surface area contributed by atoms with Crippen LogP contribution in [0.2, 0.25) is 0 Å². The van der Waals surface area contributed by atoms with Crippen LogP contribution in [0, 0.1) is 11.6 Å². The van der Waals surface area contributed by atoms with Crippen molar-refractivity contribution in [3.8, 4) is 0 Å². The molecule has 1 aliphatic rings. The first kappa shape index (κ1) is 13.2. The molecule has 0 aromatic heterocycles. The molecule has 0 saturated heterocycles. The van der Waals surface area contributed by atoms with E-state index in [-0.39, 0.29) is 5.56 Å². The number of aliphatic hydroxyl groups is 1. The van der Waals surface area contributed by atoms with E-state index < -0.39 is 23.8 Å². The van der Waals surface area contributed by atoms with Crippen molar-refractivity contribution in [2.75, 3.05) is 6.54 Å². The third-order valence-corrected chi connectivity index (χ3v) is 3.76. The molecule has 2 aromatic rings. The predicted molar refractivity (Wildman–Crippen MR) is 72.2 cm³/mol. The molecule has 2 N–H and O–H groups in total. The number of hydrogen-bond donors (Lipinski definition) is 2. The lowest BCUT2D eigenvalue weighted by atomic mass is 9.88. The standard InChI is InChI=1S/C16H15F2NO/c17-12-6-3-7-13(18)14(12)16(20)15-11-5-2-1-4-10(11)8-9-19-15/h1-7,15-16,19-20H,8-9H2. The third-order valence-electron chi connectivity index (χ3n) is 3.76. The van der Waals surface area contributed by atoms with E-state index in [1.54, 1.807) is 0 Å². The molecule has 0 amide bonds.